The number of amides is 2. The summed E-state index contributed by atoms with van der Waals surface area (Å²) in [7, 11) is 1.69. The van der Waals surface area contributed by atoms with E-state index in [2.05, 4.69) is 28.7 Å². The van der Waals surface area contributed by atoms with Crippen LogP contribution in [0.3, 0.4) is 0 Å². The molecule has 0 unspecified atom stereocenters. The van der Waals surface area contributed by atoms with Gasteiger partial charge in [0.15, 0.2) is 0 Å². The summed E-state index contributed by atoms with van der Waals surface area (Å²) in [5.74, 6) is -0.187. The van der Waals surface area contributed by atoms with E-state index in [9.17, 15) is 9.59 Å². The summed E-state index contributed by atoms with van der Waals surface area (Å²) in [4.78, 5) is 26.2. The molecule has 31 heavy (non-hydrogen) atoms. The fourth-order valence-electron chi connectivity index (χ4n) is 3.60. The third-order valence-corrected chi connectivity index (χ3v) is 6.03. The third kappa shape index (κ3) is 4.41. The number of nitrogens with one attached hydrogen (secondary N) is 2. The molecule has 4 rings (SSSR count). The van der Waals surface area contributed by atoms with Crippen molar-refractivity contribution in [3.8, 4) is 0 Å². The molecule has 158 valence electrons. The quantitative estimate of drug-likeness (QED) is 0.646. The smallest absolute Gasteiger partial charge is 0.277 e. The van der Waals surface area contributed by atoms with Gasteiger partial charge in [-0.3, -0.25) is 9.59 Å². The average molecular weight is 433 g/mol. The average Bonchev–Trinajstić information content (AvgIpc) is 3.02. The number of likely N-dealkylation sites (N-methyl/N-ethyl adjacent to an activating group) is 1. The van der Waals surface area contributed by atoms with Crippen LogP contribution in [0.4, 0.5) is 11.4 Å². The molecule has 0 spiro atoms. The normalized spacial score (nSPS) is 17.6. The number of fused-ring (bicyclic) bond motifs is 1. The number of carbonyl (C=O) groups is 2. The molecule has 0 bridgehead atoms. The van der Waals surface area contributed by atoms with E-state index in [4.69, 9.17) is 0 Å². The highest BCUT2D eigenvalue weighted by Gasteiger charge is 2.31. The minimum atomic E-state index is -0.0950. The maximum Gasteiger partial charge on any atom is 0.277 e. The molecule has 2 amide bonds. The Morgan fingerprint density at radius 1 is 1.16 bits per heavy atom. The molecular weight excluding hydrogens is 408 g/mol. The first-order valence-electron chi connectivity index (χ1n) is 10.2. The van der Waals surface area contributed by atoms with Crippen molar-refractivity contribution >= 4 is 45.6 Å². The monoisotopic (exact) mass is 432 g/mol. The van der Waals surface area contributed by atoms with E-state index >= 15 is 0 Å². The second-order valence-electron chi connectivity index (χ2n) is 7.40. The van der Waals surface area contributed by atoms with Crippen LogP contribution < -0.4 is 10.6 Å². The number of para-hydroxylation sites is 1. The van der Waals surface area contributed by atoms with Gasteiger partial charge in [0.2, 0.25) is 5.91 Å². The molecule has 2 aromatic rings. The van der Waals surface area contributed by atoms with Gasteiger partial charge in [0, 0.05) is 40.7 Å². The van der Waals surface area contributed by atoms with Crippen LogP contribution in [0.1, 0.15) is 32.3 Å². The van der Waals surface area contributed by atoms with Crippen molar-refractivity contribution in [3.05, 3.63) is 71.4 Å². The minimum Gasteiger partial charge on any atom is -0.354 e. The van der Waals surface area contributed by atoms with E-state index < -0.39 is 0 Å². The summed E-state index contributed by atoms with van der Waals surface area (Å²) in [6.45, 7) is 3.57. The number of thioether (sulfide) groups is 1. The zero-order chi connectivity index (χ0) is 22.0. The van der Waals surface area contributed by atoms with Crippen LogP contribution >= 0.6 is 11.8 Å². The van der Waals surface area contributed by atoms with Gasteiger partial charge in [-0.25, -0.2) is 5.01 Å². The van der Waals surface area contributed by atoms with Gasteiger partial charge in [0.05, 0.1) is 17.0 Å². The highest BCUT2D eigenvalue weighted by Crippen LogP contribution is 2.42. The first-order valence-corrected chi connectivity index (χ1v) is 11.0. The lowest BCUT2D eigenvalue weighted by atomic mass is 10.00. The number of hydrogen-bond donors (Lipinski definition) is 2. The van der Waals surface area contributed by atoms with E-state index in [0.717, 1.165) is 51.0 Å². The predicted octanol–water partition coefficient (Wildman–Crippen LogP) is 5.09. The number of hydrazone groups is 1. The van der Waals surface area contributed by atoms with Gasteiger partial charge in [0.1, 0.15) is 0 Å². The zero-order valence-electron chi connectivity index (χ0n) is 17.7. The van der Waals surface area contributed by atoms with E-state index in [-0.39, 0.29) is 11.8 Å². The zero-order valence-corrected chi connectivity index (χ0v) is 18.5. The predicted molar refractivity (Wildman–Crippen MR) is 127 cm³/mol. The maximum atomic E-state index is 12.8. The Morgan fingerprint density at radius 3 is 2.61 bits per heavy atom. The van der Waals surface area contributed by atoms with E-state index in [1.165, 1.54) is 11.9 Å². The van der Waals surface area contributed by atoms with E-state index in [1.54, 1.807) is 18.8 Å². The number of nitrogens with zero attached hydrogens (tertiary/aromatic N) is 2. The van der Waals surface area contributed by atoms with Crippen molar-refractivity contribution in [2.45, 2.75) is 31.6 Å². The van der Waals surface area contributed by atoms with Crippen LogP contribution in [0, 0.1) is 0 Å². The molecule has 2 aliphatic rings. The summed E-state index contributed by atoms with van der Waals surface area (Å²) in [6.07, 6.45) is 3.70. The lowest BCUT2D eigenvalue weighted by Gasteiger charge is -2.22. The molecule has 0 radical (unpaired) electrons. The van der Waals surface area contributed by atoms with Crippen molar-refractivity contribution < 1.29 is 9.59 Å². The molecule has 7 heteroatoms. The van der Waals surface area contributed by atoms with Crippen molar-refractivity contribution in [2.24, 2.45) is 5.10 Å². The molecule has 0 atom stereocenters. The summed E-state index contributed by atoms with van der Waals surface area (Å²) in [5.41, 5.74) is 5.03. The lowest BCUT2D eigenvalue weighted by Crippen LogP contribution is -2.21. The van der Waals surface area contributed by atoms with Crippen molar-refractivity contribution in [1.82, 2.24) is 5.01 Å². The fourth-order valence-corrected chi connectivity index (χ4v) is 4.59. The SMILES string of the molecule is CCCC1=NN(C)C(=O)C1=C1C=C(Sc2ccc(NC(C)=O)cc2)c2ccccc2N1. The lowest BCUT2D eigenvalue weighted by molar-refractivity contribution is -0.124. The highest BCUT2D eigenvalue weighted by molar-refractivity contribution is 8.08. The fraction of sp³-hybridized carbons (Fsp3) is 0.208. The Bertz CT molecular complexity index is 1130. The van der Waals surface area contributed by atoms with E-state index in [1.807, 2.05) is 48.5 Å². The first-order chi connectivity index (χ1) is 15.0. The highest BCUT2D eigenvalue weighted by atomic mass is 32.2. The molecule has 0 fully saturated rings. The third-order valence-electron chi connectivity index (χ3n) is 4.96. The van der Waals surface area contributed by atoms with Gasteiger partial charge in [-0.2, -0.15) is 5.10 Å². The maximum absolute atomic E-state index is 12.8. The number of carbonyl (C=O) groups excluding carboxylic acids is 2. The molecule has 2 heterocycles. The van der Waals surface area contributed by atoms with Gasteiger partial charge < -0.3 is 10.6 Å². The minimum absolute atomic E-state index is 0.0920. The van der Waals surface area contributed by atoms with Gasteiger partial charge in [-0.15, -0.1) is 0 Å². The summed E-state index contributed by atoms with van der Waals surface area (Å²) < 4.78 is 0. The molecule has 6 nitrogen and oxygen atoms in total. The second-order valence-corrected chi connectivity index (χ2v) is 8.52. The molecule has 0 aromatic heterocycles. The molecule has 2 aliphatic heterocycles. The Balaban J connectivity index is 1.73. The van der Waals surface area contributed by atoms with Crippen LogP contribution in [0.2, 0.25) is 0 Å². The van der Waals surface area contributed by atoms with Crippen LogP contribution in [0.15, 0.2) is 75.9 Å². The Kier molecular flexibility index (Phi) is 5.95. The summed E-state index contributed by atoms with van der Waals surface area (Å²) >= 11 is 1.62. The number of anilines is 2. The van der Waals surface area contributed by atoms with Crippen molar-refractivity contribution in [3.63, 3.8) is 0 Å². The van der Waals surface area contributed by atoms with Crippen LogP contribution in [-0.2, 0) is 9.59 Å². The standard InChI is InChI=1S/C24H24N4O2S/c1-4-7-20-23(24(30)28(3)27-20)21-14-22(18-8-5-6-9-19(18)26-21)31-17-12-10-16(11-13-17)25-15(2)29/h5-6,8-14,26H,4,7H2,1-3H3,(H,25,29). The van der Waals surface area contributed by atoms with Gasteiger partial charge in [0.25, 0.3) is 5.91 Å². The molecular formula is C24H24N4O2S. The Labute approximate surface area is 186 Å². The Morgan fingerprint density at radius 2 is 1.90 bits per heavy atom. The number of hydrogen-bond acceptors (Lipinski definition) is 5. The van der Waals surface area contributed by atoms with Crippen LogP contribution in [0.5, 0.6) is 0 Å². The second kappa shape index (κ2) is 8.81. The molecule has 0 aliphatic carbocycles. The van der Waals surface area contributed by atoms with Crippen LogP contribution in [-0.4, -0.2) is 29.6 Å². The number of allylic oxidation sites excluding steroid dienone is 1. The number of benzene rings is 2. The summed E-state index contributed by atoms with van der Waals surface area (Å²) in [6, 6.07) is 15.8. The van der Waals surface area contributed by atoms with Gasteiger partial charge in [-0.1, -0.05) is 43.3 Å². The summed E-state index contributed by atoms with van der Waals surface area (Å²) in [5, 5.41) is 12.1. The number of rotatable bonds is 5. The molecule has 0 saturated carbocycles. The topological polar surface area (TPSA) is 73.8 Å². The first kappa shape index (κ1) is 20.9. The largest absolute Gasteiger partial charge is 0.354 e. The Hall–Kier alpha value is -3.32. The van der Waals surface area contributed by atoms with Gasteiger partial charge >= 0.3 is 0 Å². The molecule has 2 aromatic carbocycles. The van der Waals surface area contributed by atoms with Crippen LogP contribution in [0.25, 0.3) is 4.91 Å². The van der Waals surface area contributed by atoms with E-state index in [0.29, 0.717) is 5.57 Å². The van der Waals surface area contributed by atoms with Gasteiger partial charge in [-0.05, 0) is 42.8 Å². The van der Waals surface area contributed by atoms with Crippen molar-refractivity contribution in [2.75, 3.05) is 17.7 Å². The molecule has 2 N–H and O–H groups in total. The molecule has 0 saturated heterocycles. The van der Waals surface area contributed by atoms with Crippen molar-refractivity contribution in [1.29, 1.82) is 0 Å².